The Balaban J connectivity index is 3.29. The third kappa shape index (κ3) is 2.13. The largest absolute Gasteiger partial charge is 0.481 e. The van der Waals surface area contributed by atoms with Gasteiger partial charge < -0.3 is 10.1 Å². The lowest BCUT2D eigenvalue weighted by molar-refractivity contribution is -0.156. The SMILES string of the molecule is CNC(c1c(C)nn(C)c1OC)C(F)(F)F. The Labute approximate surface area is 91.4 Å². The van der Waals surface area contributed by atoms with E-state index in [1.165, 1.54) is 25.8 Å². The summed E-state index contributed by atoms with van der Waals surface area (Å²) in [6, 6.07) is -1.77. The minimum atomic E-state index is -4.38. The number of ether oxygens (including phenoxy) is 1. The van der Waals surface area contributed by atoms with Crippen LogP contribution >= 0.6 is 0 Å². The van der Waals surface area contributed by atoms with Gasteiger partial charge in [-0.2, -0.15) is 18.3 Å². The van der Waals surface area contributed by atoms with Crippen LogP contribution in [0.5, 0.6) is 5.88 Å². The van der Waals surface area contributed by atoms with Gasteiger partial charge in [-0.3, -0.25) is 0 Å². The molecule has 1 heterocycles. The van der Waals surface area contributed by atoms with E-state index in [4.69, 9.17) is 4.74 Å². The average Bonchev–Trinajstić information content (AvgIpc) is 2.40. The van der Waals surface area contributed by atoms with Gasteiger partial charge in [-0.1, -0.05) is 0 Å². The first-order valence-corrected chi connectivity index (χ1v) is 4.64. The maximum atomic E-state index is 12.8. The molecule has 1 rings (SSSR count). The first-order chi connectivity index (χ1) is 7.32. The summed E-state index contributed by atoms with van der Waals surface area (Å²) in [5, 5.41) is 6.14. The molecule has 1 aromatic rings. The Morgan fingerprint density at radius 2 is 2.00 bits per heavy atom. The summed E-state index contributed by atoms with van der Waals surface area (Å²) >= 11 is 0. The number of rotatable bonds is 3. The van der Waals surface area contributed by atoms with Crippen molar-refractivity contribution in [3.05, 3.63) is 11.3 Å². The van der Waals surface area contributed by atoms with Crippen LogP contribution in [0.15, 0.2) is 0 Å². The predicted octanol–water partition coefficient (Wildman–Crippen LogP) is 1.56. The van der Waals surface area contributed by atoms with Crippen molar-refractivity contribution in [1.29, 1.82) is 0 Å². The van der Waals surface area contributed by atoms with Crippen LogP contribution in [0.2, 0.25) is 0 Å². The zero-order chi connectivity index (χ0) is 12.5. The Hall–Kier alpha value is -1.24. The summed E-state index contributed by atoms with van der Waals surface area (Å²) in [4.78, 5) is 0. The first-order valence-electron chi connectivity index (χ1n) is 4.64. The second-order valence-electron chi connectivity index (χ2n) is 3.40. The lowest BCUT2D eigenvalue weighted by Gasteiger charge is -2.20. The molecule has 0 aromatic carbocycles. The van der Waals surface area contributed by atoms with Crippen molar-refractivity contribution in [3.63, 3.8) is 0 Å². The number of aryl methyl sites for hydroxylation is 2. The highest BCUT2D eigenvalue weighted by Crippen LogP contribution is 2.38. The number of alkyl halides is 3. The van der Waals surface area contributed by atoms with E-state index < -0.39 is 12.2 Å². The van der Waals surface area contributed by atoms with Gasteiger partial charge in [0.05, 0.1) is 18.4 Å². The van der Waals surface area contributed by atoms with Gasteiger partial charge in [-0.15, -0.1) is 0 Å². The van der Waals surface area contributed by atoms with Crippen LogP contribution in [0, 0.1) is 6.92 Å². The highest BCUT2D eigenvalue weighted by Gasteiger charge is 2.43. The van der Waals surface area contributed by atoms with Crippen molar-refractivity contribution in [2.45, 2.75) is 19.1 Å². The number of nitrogens with one attached hydrogen (secondary N) is 1. The minimum absolute atomic E-state index is 0.0278. The van der Waals surface area contributed by atoms with Crippen LogP contribution in [-0.2, 0) is 7.05 Å². The molecule has 0 aliphatic heterocycles. The molecule has 1 unspecified atom stereocenters. The van der Waals surface area contributed by atoms with Crippen molar-refractivity contribution < 1.29 is 17.9 Å². The Bertz CT molecular complexity index is 373. The summed E-state index contributed by atoms with van der Waals surface area (Å²) in [5.41, 5.74) is 0.330. The highest BCUT2D eigenvalue weighted by atomic mass is 19.4. The summed E-state index contributed by atoms with van der Waals surface area (Å²) in [6.07, 6.45) is -4.38. The number of methoxy groups -OCH3 is 1. The lowest BCUT2D eigenvalue weighted by Crippen LogP contribution is -2.32. The van der Waals surface area contributed by atoms with Crippen molar-refractivity contribution in [2.24, 2.45) is 7.05 Å². The number of nitrogens with zero attached hydrogens (tertiary/aromatic N) is 2. The van der Waals surface area contributed by atoms with Gasteiger partial charge in [0.25, 0.3) is 0 Å². The van der Waals surface area contributed by atoms with Crippen LogP contribution in [0.4, 0.5) is 13.2 Å². The molecule has 0 spiro atoms. The van der Waals surface area contributed by atoms with Crippen molar-refractivity contribution >= 4 is 0 Å². The Kier molecular flexibility index (Phi) is 3.47. The van der Waals surface area contributed by atoms with Crippen LogP contribution in [0.3, 0.4) is 0 Å². The smallest absolute Gasteiger partial charge is 0.408 e. The fourth-order valence-electron chi connectivity index (χ4n) is 1.70. The normalized spacial score (nSPS) is 13.9. The molecular weight excluding hydrogens is 223 g/mol. The molecule has 0 fully saturated rings. The van der Waals surface area contributed by atoms with Crippen LogP contribution in [0.25, 0.3) is 0 Å². The van der Waals surface area contributed by atoms with E-state index in [0.29, 0.717) is 5.69 Å². The van der Waals surface area contributed by atoms with E-state index in [0.717, 1.165) is 0 Å². The maximum Gasteiger partial charge on any atom is 0.408 e. The molecule has 1 N–H and O–H groups in total. The van der Waals surface area contributed by atoms with Gasteiger partial charge >= 0.3 is 6.18 Å². The second-order valence-corrected chi connectivity index (χ2v) is 3.40. The van der Waals surface area contributed by atoms with Crippen LogP contribution in [-0.4, -0.2) is 30.1 Å². The van der Waals surface area contributed by atoms with Gasteiger partial charge in [0.2, 0.25) is 5.88 Å². The second kappa shape index (κ2) is 4.32. The van der Waals surface area contributed by atoms with Gasteiger partial charge in [0, 0.05) is 7.05 Å². The summed E-state index contributed by atoms with van der Waals surface area (Å²) in [7, 11) is 4.12. The predicted molar refractivity (Wildman–Crippen MR) is 52.4 cm³/mol. The molecule has 7 heteroatoms. The molecule has 0 amide bonds. The van der Waals surface area contributed by atoms with E-state index >= 15 is 0 Å². The lowest BCUT2D eigenvalue weighted by atomic mass is 10.1. The molecule has 0 radical (unpaired) electrons. The molecule has 0 aliphatic carbocycles. The molecule has 1 aromatic heterocycles. The molecule has 0 bridgehead atoms. The zero-order valence-corrected chi connectivity index (χ0v) is 9.51. The number of hydrogen-bond donors (Lipinski definition) is 1. The van der Waals surface area contributed by atoms with Gasteiger partial charge in [0.15, 0.2) is 0 Å². The molecule has 0 aliphatic rings. The quantitative estimate of drug-likeness (QED) is 0.867. The van der Waals surface area contributed by atoms with E-state index in [2.05, 4.69) is 10.4 Å². The zero-order valence-electron chi connectivity index (χ0n) is 9.51. The Morgan fingerprint density at radius 3 is 2.38 bits per heavy atom. The number of halogens is 3. The number of aromatic nitrogens is 2. The third-order valence-corrected chi connectivity index (χ3v) is 2.31. The molecule has 4 nitrogen and oxygen atoms in total. The fraction of sp³-hybridized carbons (Fsp3) is 0.667. The maximum absolute atomic E-state index is 12.8. The van der Waals surface area contributed by atoms with Gasteiger partial charge in [-0.05, 0) is 14.0 Å². The van der Waals surface area contributed by atoms with Crippen molar-refractivity contribution in [1.82, 2.24) is 15.1 Å². The molecule has 1 atom stereocenters. The number of hydrogen-bond acceptors (Lipinski definition) is 3. The van der Waals surface area contributed by atoms with Gasteiger partial charge in [-0.25, -0.2) is 4.68 Å². The monoisotopic (exact) mass is 237 g/mol. The fourth-order valence-corrected chi connectivity index (χ4v) is 1.70. The molecule has 92 valence electrons. The first kappa shape index (κ1) is 12.8. The summed E-state index contributed by atoms with van der Waals surface area (Å²) in [6.45, 7) is 1.52. The van der Waals surface area contributed by atoms with Crippen LogP contribution < -0.4 is 10.1 Å². The van der Waals surface area contributed by atoms with Crippen molar-refractivity contribution in [2.75, 3.05) is 14.2 Å². The van der Waals surface area contributed by atoms with Crippen molar-refractivity contribution in [3.8, 4) is 5.88 Å². The summed E-state index contributed by atoms with van der Waals surface area (Å²) < 4.78 is 44.5. The Morgan fingerprint density at radius 1 is 1.44 bits per heavy atom. The van der Waals surface area contributed by atoms with E-state index in [1.54, 1.807) is 7.05 Å². The topological polar surface area (TPSA) is 39.1 Å². The molecule has 0 saturated heterocycles. The minimum Gasteiger partial charge on any atom is -0.481 e. The van der Waals surface area contributed by atoms with E-state index in [1.807, 2.05) is 0 Å². The summed E-state index contributed by atoms with van der Waals surface area (Å²) in [5.74, 6) is 0.120. The standard InChI is InChI=1S/C9H14F3N3O/c1-5-6(7(13-2)9(10,11)12)8(16-4)15(3)14-5/h7,13H,1-4H3. The third-order valence-electron chi connectivity index (χ3n) is 2.31. The molecular formula is C9H14F3N3O. The molecule has 16 heavy (non-hydrogen) atoms. The van der Waals surface area contributed by atoms with E-state index in [9.17, 15) is 13.2 Å². The highest BCUT2D eigenvalue weighted by molar-refractivity contribution is 5.35. The van der Waals surface area contributed by atoms with Gasteiger partial charge in [0.1, 0.15) is 6.04 Å². The average molecular weight is 237 g/mol. The van der Waals surface area contributed by atoms with E-state index in [-0.39, 0.29) is 11.4 Å². The molecule has 0 saturated carbocycles. The van der Waals surface area contributed by atoms with Crippen LogP contribution in [0.1, 0.15) is 17.3 Å².